The van der Waals surface area contributed by atoms with Gasteiger partial charge in [-0.3, -0.25) is 0 Å². The Morgan fingerprint density at radius 1 is 0.559 bits per heavy atom. The molecule has 0 N–H and O–H groups in total. The molecule has 4 nitrogen and oxygen atoms in total. The summed E-state index contributed by atoms with van der Waals surface area (Å²) >= 11 is 0. The highest BCUT2D eigenvalue weighted by molar-refractivity contribution is 6.13. The van der Waals surface area contributed by atoms with Crippen LogP contribution in [-0.2, 0) is 0 Å². The van der Waals surface area contributed by atoms with Gasteiger partial charge in [-0.2, -0.15) is 21.0 Å². The van der Waals surface area contributed by atoms with Crippen LogP contribution in [0.2, 0.25) is 0 Å². The molecule has 1 aliphatic carbocycles. The predicted octanol–water partition coefficient (Wildman–Crippen LogP) is 3.19. The molecule has 0 aliphatic heterocycles. The van der Waals surface area contributed by atoms with Gasteiger partial charge in [-0.05, 0) is 0 Å². The summed E-state index contributed by atoms with van der Waals surface area (Å²) in [5.41, 5.74) is -1.34. The van der Waals surface area contributed by atoms with Gasteiger partial charge >= 0.3 is 0 Å². The fraction of sp³-hybridized carbons (Fsp3) is 0.0909. The van der Waals surface area contributed by atoms with E-state index in [1.807, 2.05) is 0 Å². The van der Waals surface area contributed by atoms with E-state index in [1.54, 1.807) is 0 Å². The van der Waals surface area contributed by atoms with Gasteiger partial charge in [0.15, 0.2) is 23.3 Å². The van der Waals surface area contributed by atoms with Gasteiger partial charge < -0.3 is 0 Å². The third kappa shape index (κ3) is 2.48. The number of benzene rings is 3. The van der Waals surface area contributed by atoms with Crippen LogP contribution >= 0.6 is 0 Å². The van der Waals surface area contributed by atoms with Crippen LogP contribution in [0.5, 0.6) is 0 Å². The summed E-state index contributed by atoms with van der Waals surface area (Å²) in [6, 6.07) is 4.54. The van der Waals surface area contributed by atoms with Crippen molar-refractivity contribution in [3.63, 3.8) is 0 Å². The molecule has 12 heteroatoms. The molecule has 0 aromatic heterocycles. The number of nitrogens with zero attached hydrogens (tertiary/aromatic N) is 4. The molecule has 3 aromatic rings. The van der Waals surface area contributed by atoms with Crippen molar-refractivity contribution < 1.29 is 35.1 Å². The van der Waals surface area contributed by atoms with Crippen LogP contribution < -0.4 is 15.7 Å². The van der Waals surface area contributed by atoms with Crippen molar-refractivity contribution in [2.75, 3.05) is 0 Å². The van der Waals surface area contributed by atoms with Crippen LogP contribution in [0, 0.1) is 92.1 Å². The zero-order chi connectivity index (χ0) is 25.2. The first-order valence-corrected chi connectivity index (χ1v) is 8.89. The van der Waals surface area contributed by atoms with Gasteiger partial charge in [0.05, 0.1) is 44.5 Å². The molecule has 4 rings (SSSR count). The Labute approximate surface area is 182 Å². The molecule has 0 unspecified atom stereocenters. The molecule has 0 fully saturated rings. The maximum Gasteiger partial charge on any atom is 0.170 e. The first-order valence-electron chi connectivity index (χ1n) is 8.89. The summed E-state index contributed by atoms with van der Waals surface area (Å²) in [6.45, 7) is 0. The maximum atomic E-state index is 15.2. The Morgan fingerprint density at radius 3 is 1.32 bits per heavy atom. The highest BCUT2D eigenvalue weighted by atomic mass is 19.2. The molecular weight excluding hydrogens is 472 g/mol. The normalized spacial score (nSPS) is 13.2. The quantitative estimate of drug-likeness (QED) is 0.507. The van der Waals surface area contributed by atoms with Crippen molar-refractivity contribution in [3.8, 4) is 24.3 Å². The number of hydrogen-bond acceptors (Lipinski definition) is 4. The summed E-state index contributed by atoms with van der Waals surface area (Å²) < 4.78 is 121. The topological polar surface area (TPSA) is 95.2 Å². The summed E-state index contributed by atoms with van der Waals surface area (Å²) in [4.78, 5) is 0. The van der Waals surface area contributed by atoms with Gasteiger partial charge in [0.1, 0.15) is 46.9 Å². The van der Waals surface area contributed by atoms with E-state index in [0.29, 0.717) is 0 Å². The minimum atomic E-state index is -2.59. The second kappa shape index (κ2) is 7.43. The van der Waals surface area contributed by atoms with E-state index in [-0.39, 0.29) is 0 Å². The van der Waals surface area contributed by atoms with Crippen molar-refractivity contribution in [3.05, 3.63) is 50.6 Å². The predicted molar refractivity (Wildman–Crippen MR) is 97.5 cm³/mol. The molecular formula is C22H2F8N4. The maximum absolute atomic E-state index is 15.2. The molecule has 0 atom stereocenters. The third-order valence-electron chi connectivity index (χ3n) is 5.50. The summed E-state index contributed by atoms with van der Waals surface area (Å²) in [5.74, 6) is -21.9. The molecule has 3 aromatic carbocycles. The zero-order valence-electron chi connectivity index (χ0n) is 16.0. The summed E-state index contributed by atoms with van der Waals surface area (Å²) in [7, 11) is 0. The van der Waals surface area contributed by atoms with Crippen molar-refractivity contribution in [2.24, 2.45) is 11.8 Å². The molecule has 166 valence electrons. The number of halogens is 8. The van der Waals surface area contributed by atoms with Gasteiger partial charge in [-0.25, -0.2) is 35.1 Å². The van der Waals surface area contributed by atoms with Gasteiger partial charge in [-0.15, -0.1) is 0 Å². The van der Waals surface area contributed by atoms with E-state index in [4.69, 9.17) is 21.0 Å². The lowest BCUT2D eigenvalue weighted by molar-refractivity contribution is 0.476. The first-order chi connectivity index (χ1) is 16.1. The minimum Gasteiger partial charge on any atom is -0.210 e. The van der Waals surface area contributed by atoms with Crippen molar-refractivity contribution in [1.82, 2.24) is 0 Å². The molecule has 0 bridgehead atoms. The van der Waals surface area contributed by atoms with Crippen LogP contribution in [0.25, 0.3) is 38.8 Å². The van der Waals surface area contributed by atoms with Crippen LogP contribution in [0.1, 0.15) is 0 Å². The SMILES string of the molecule is N#CC(C#N)=c1c(F)c2c(F)c(F)c3c4c(c(F)c(F)c(c1F)c24)=C(F)C(C(C#N)C#N)C=3F. The highest BCUT2D eigenvalue weighted by Crippen LogP contribution is 2.38. The Kier molecular flexibility index (Phi) is 4.92. The minimum absolute atomic E-state index is 1.08. The number of hydrogen-bond donors (Lipinski definition) is 0. The molecule has 0 saturated carbocycles. The van der Waals surface area contributed by atoms with Gasteiger partial charge in [-0.1, -0.05) is 0 Å². The number of nitriles is 4. The largest absolute Gasteiger partial charge is 0.210 e. The summed E-state index contributed by atoms with van der Waals surface area (Å²) in [6.07, 6.45) is 0. The highest BCUT2D eigenvalue weighted by Gasteiger charge is 2.39. The Balaban J connectivity index is 2.56. The van der Waals surface area contributed by atoms with Crippen molar-refractivity contribution >= 4 is 38.8 Å². The van der Waals surface area contributed by atoms with Crippen molar-refractivity contribution in [2.45, 2.75) is 0 Å². The molecule has 1 aliphatic rings. The lowest BCUT2D eigenvalue weighted by Gasteiger charge is -2.22. The van der Waals surface area contributed by atoms with Crippen LogP contribution in [0.3, 0.4) is 0 Å². The average Bonchev–Trinajstić information content (AvgIpc) is 2.80. The fourth-order valence-corrected chi connectivity index (χ4v) is 4.08. The fourth-order valence-electron chi connectivity index (χ4n) is 4.08. The molecule has 0 radical (unpaired) electrons. The summed E-state index contributed by atoms with van der Waals surface area (Å²) in [5, 5.41) is 25.4. The van der Waals surface area contributed by atoms with Crippen LogP contribution in [-0.4, -0.2) is 0 Å². The monoisotopic (exact) mass is 474 g/mol. The van der Waals surface area contributed by atoms with E-state index in [9.17, 15) is 17.6 Å². The molecule has 0 saturated heterocycles. The van der Waals surface area contributed by atoms with Gasteiger partial charge in [0, 0.05) is 10.8 Å². The lowest BCUT2D eigenvalue weighted by Crippen LogP contribution is -2.36. The second-order valence-electron chi connectivity index (χ2n) is 7.02. The smallest absolute Gasteiger partial charge is 0.170 e. The molecule has 0 amide bonds. The Hall–Kier alpha value is -4.68. The van der Waals surface area contributed by atoms with Crippen LogP contribution in [0.4, 0.5) is 35.1 Å². The zero-order valence-corrected chi connectivity index (χ0v) is 16.0. The Bertz CT molecular complexity index is 1720. The standard InChI is InChI=1S/C22H2F8N4/c23-15-7(5(1-31)2-32)16(24)12-9-10-13(21(29)19(27)11(9)15)17(25)8(6(3-33)4-34)18(26)14(10)22(30)20(12)28/h5,7H. The second-order valence-corrected chi connectivity index (χ2v) is 7.02. The third-order valence-corrected chi connectivity index (χ3v) is 5.50. The van der Waals surface area contributed by atoms with Gasteiger partial charge in [0.25, 0.3) is 0 Å². The van der Waals surface area contributed by atoms with E-state index in [2.05, 4.69) is 0 Å². The molecule has 0 heterocycles. The van der Waals surface area contributed by atoms with E-state index in [1.165, 1.54) is 12.1 Å². The molecule has 0 spiro atoms. The van der Waals surface area contributed by atoms with Gasteiger partial charge in [0.2, 0.25) is 0 Å². The Morgan fingerprint density at radius 2 is 0.971 bits per heavy atom. The first kappa shape index (κ1) is 22.5. The molecule has 34 heavy (non-hydrogen) atoms. The van der Waals surface area contributed by atoms with Crippen molar-refractivity contribution in [1.29, 1.82) is 21.0 Å². The van der Waals surface area contributed by atoms with E-state index in [0.717, 1.165) is 12.1 Å². The van der Waals surface area contributed by atoms with E-state index >= 15 is 17.6 Å². The lowest BCUT2D eigenvalue weighted by atomic mass is 9.83. The van der Waals surface area contributed by atoms with E-state index < -0.39 is 101 Å². The van der Waals surface area contributed by atoms with Crippen LogP contribution in [0.15, 0.2) is 0 Å². The average molecular weight is 474 g/mol. The number of rotatable bonds is 1.